The molecule has 0 saturated carbocycles. The van der Waals surface area contributed by atoms with E-state index >= 15 is 0 Å². The molecule has 0 amide bonds. The standard InChI is InChI=1S/2C11H8F.C2H6Si.2ClH.Zr/c2*12-11-7-3-6-10(8-11)9-4-1-2-5-9;1-3-2;;;/h2*1,3-4,6-8H,2H2;1-2H3;2*1H;/q2*-1;;;;+2. The summed E-state index contributed by atoms with van der Waals surface area (Å²) >= 11 is 1.74. The molecule has 0 saturated heterocycles. The Hall–Kier alpha value is -1.06. The van der Waals surface area contributed by atoms with Crippen LogP contribution >= 0.6 is 24.8 Å². The van der Waals surface area contributed by atoms with Crippen molar-refractivity contribution in [1.82, 2.24) is 0 Å². The van der Waals surface area contributed by atoms with Gasteiger partial charge in [-0.05, 0) is 12.1 Å². The van der Waals surface area contributed by atoms with Crippen LogP contribution in [0.1, 0.15) is 24.0 Å². The number of allylic oxidation sites excluding steroid dienone is 8. The maximum atomic E-state index is 12.8. The van der Waals surface area contributed by atoms with Crippen molar-refractivity contribution in [2.75, 3.05) is 0 Å². The first-order chi connectivity index (χ1) is 13.5. The molecule has 0 nitrogen and oxygen atoms in total. The molecule has 156 valence electrons. The maximum Gasteiger partial charge on any atom is 0.111 e. The zero-order chi connectivity index (χ0) is 20.4. The second-order valence-electron chi connectivity index (χ2n) is 6.41. The van der Waals surface area contributed by atoms with Gasteiger partial charge in [0, 0.05) is 0 Å². The normalized spacial score (nSPS) is 12.9. The van der Waals surface area contributed by atoms with Gasteiger partial charge < -0.3 is 0 Å². The average Bonchev–Trinajstić information content (AvgIpc) is 3.36. The van der Waals surface area contributed by atoms with Gasteiger partial charge in [-0.2, -0.15) is 35.5 Å². The molecule has 2 aliphatic carbocycles. The fourth-order valence-electron chi connectivity index (χ4n) is 2.52. The van der Waals surface area contributed by atoms with E-state index in [2.05, 4.69) is 25.2 Å². The number of benzene rings is 2. The molecular formula is C24H24Cl2F2SiZr. The molecule has 0 spiro atoms. The van der Waals surface area contributed by atoms with E-state index in [4.69, 9.17) is 0 Å². The van der Waals surface area contributed by atoms with Crippen LogP contribution in [0.25, 0.3) is 11.1 Å². The van der Waals surface area contributed by atoms with E-state index < -0.39 is 0 Å². The van der Waals surface area contributed by atoms with Crippen LogP contribution in [-0.4, -0.2) is 5.43 Å². The Morgan fingerprint density at radius 3 is 1.40 bits per heavy atom. The molecule has 0 aliphatic heterocycles. The Balaban J connectivity index is 0.000000452. The Morgan fingerprint density at radius 2 is 1.13 bits per heavy atom. The number of halogens is 4. The Morgan fingerprint density at radius 1 is 0.767 bits per heavy atom. The number of hydrogen-bond donors (Lipinski definition) is 0. The van der Waals surface area contributed by atoms with Crippen LogP contribution in [0.2, 0.25) is 13.1 Å². The molecule has 4 rings (SSSR count). The second-order valence-corrected chi connectivity index (χ2v) is 15.8. The van der Waals surface area contributed by atoms with Gasteiger partial charge in [0.15, 0.2) is 0 Å². The third-order valence-corrected chi connectivity index (χ3v) is 3.66. The molecule has 0 bridgehead atoms. The largest absolute Gasteiger partial charge is 0.208 e. The molecule has 6 heteroatoms. The quantitative estimate of drug-likeness (QED) is 0.272. The van der Waals surface area contributed by atoms with Gasteiger partial charge in [-0.3, -0.25) is 0 Å². The van der Waals surface area contributed by atoms with Gasteiger partial charge in [0.1, 0.15) is 11.6 Å². The first kappa shape index (κ1) is 28.9. The van der Waals surface area contributed by atoms with Gasteiger partial charge in [-0.15, -0.1) is 60.2 Å². The first-order valence-electron chi connectivity index (χ1n) is 9.04. The minimum absolute atomic E-state index is 0. The molecule has 0 aromatic heterocycles. The molecular weight excluding hydrogens is 516 g/mol. The van der Waals surface area contributed by atoms with Crippen molar-refractivity contribution in [1.29, 1.82) is 0 Å². The van der Waals surface area contributed by atoms with Crippen LogP contribution in [0.3, 0.4) is 0 Å². The SMILES string of the molecule is C[Si](C)=[Zr+2].Cl.Cl.Fc1cccc(C2=[C-]CC=C2)c1.Fc1cccc(C2=[C-]CC=C2)c1. The van der Waals surface area contributed by atoms with Crippen LogP contribution in [0.4, 0.5) is 8.78 Å². The number of rotatable bonds is 2. The maximum absolute atomic E-state index is 12.8. The summed E-state index contributed by atoms with van der Waals surface area (Å²) < 4.78 is 25.5. The van der Waals surface area contributed by atoms with Crippen molar-refractivity contribution in [2.24, 2.45) is 0 Å². The van der Waals surface area contributed by atoms with Gasteiger partial charge in [0.25, 0.3) is 0 Å². The summed E-state index contributed by atoms with van der Waals surface area (Å²) in [5, 5.41) is 0. The summed E-state index contributed by atoms with van der Waals surface area (Å²) in [7, 11) is 0. The summed E-state index contributed by atoms with van der Waals surface area (Å²) in [6.45, 7) is 4.62. The second kappa shape index (κ2) is 15.7. The van der Waals surface area contributed by atoms with E-state index in [1.165, 1.54) is 24.3 Å². The van der Waals surface area contributed by atoms with Crippen LogP contribution in [0.5, 0.6) is 0 Å². The van der Waals surface area contributed by atoms with Crippen LogP contribution in [-0.2, 0) is 23.3 Å². The van der Waals surface area contributed by atoms with Crippen LogP contribution < -0.4 is 0 Å². The molecule has 0 fully saturated rings. The minimum Gasteiger partial charge on any atom is -0.208 e. The molecule has 0 unspecified atom stereocenters. The van der Waals surface area contributed by atoms with Crippen LogP contribution in [0.15, 0.2) is 72.8 Å². The third-order valence-electron chi connectivity index (χ3n) is 3.66. The fourth-order valence-corrected chi connectivity index (χ4v) is 2.52. The summed E-state index contributed by atoms with van der Waals surface area (Å²) in [6, 6.07) is 13.2. The van der Waals surface area contributed by atoms with E-state index in [1.54, 1.807) is 35.5 Å². The van der Waals surface area contributed by atoms with Gasteiger partial charge in [-0.1, -0.05) is 37.1 Å². The van der Waals surface area contributed by atoms with E-state index in [9.17, 15) is 8.78 Å². The zero-order valence-electron chi connectivity index (χ0n) is 16.9. The fraction of sp³-hybridized carbons (Fsp3) is 0.167. The summed E-state index contributed by atoms with van der Waals surface area (Å²) in [5.74, 6) is -0.385. The van der Waals surface area contributed by atoms with E-state index in [0.717, 1.165) is 35.1 Å². The Kier molecular flexibility index (Phi) is 15.1. The van der Waals surface area contributed by atoms with Gasteiger partial charge in [0.05, 0.1) is 0 Å². The van der Waals surface area contributed by atoms with Gasteiger partial charge in [0.2, 0.25) is 0 Å². The van der Waals surface area contributed by atoms with Crippen molar-refractivity contribution in [2.45, 2.75) is 25.9 Å². The summed E-state index contributed by atoms with van der Waals surface area (Å²) in [4.78, 5) is 0. The van der Waals surface area contributed by atoms with Crippen LogP contribution in [0, 0.1) is 23.8 Å². The smallest absolute Gasteiger partial charge is 0.111 e. The topological polar surface area (TPSA) is 0 Å². The molecule has 30 heavy (non-hydrogen) atoms. The van der Waals surface area contributed by atoms with Crippen molar-refractivity contribution < 1.29 is 32.1 Å². The molecule has 0 N–H and O–H groups in total. The molecule has 2 aliphatic rings. The first-order valence-corrected chi connectivity index (χ1v) is 15.2. The van der Waals surface area contributed by atoms with E-state index in [1.807, 2.05) is 36.4 Å². The molecule has 0 radical (unpaired) electrons. The van der Waals surface area contributed by atoms with Crippen molar-refractivity contribution in [3.05, 3.63) is 108 Å². The molecule has 2 aromatic carbocycles. The third kappa shape index (κ3) is 10.8. The van der Waals surface area contributed by atoms with Crippen molar-refractivity contribution in [3.8, 4) is 0 Å². The van der Waals surface area contributed by atoms with E-state index in [-0.39, 0.29) is 41.9 Å². The average molecular weight is 541 g/mol. The predicted octanol–water partition coefficient (Wildman–Crippen LogP) is 7.57. The van der Waals surface area contributed by atoms with E-state index in [0.29, 0.717) is 0 Å². The summed E-state index contributed by atoms with van der Waals surface area (Å²) in [6.07, 6.45) is 15.9. The number of hydrogen-bond acceptors (Lipinski definition) is 0. The molecule has 2 aromatic rings. The zero-order valence-corrected chi connectivity index (χ0v) is 22.0. The molecule has 0 atom stereocenters. The van der Waals surface area contributed by atoms with Gasteiger partial charge >= 0.3 is 41.9 Å². The monoisotopic (exact) mass is 538 g/mol. The predicted molar refractivity (Wildman–Crippen MR) is 126 cm³/mol. The molecule has 0 heterocycles. The van der Waals surface area contributed by atoms with Gasteiger partial charge in [-0.25, -0.2) is 8.78 Å². The summed E-state index contributed by atoms with van der Waals surface area (Å²) in [5.41, 5.74) is 4.01. The van der Waals surface area contributed by atoms with Crippen molar-refractivity contribution in [3.63, 3.8) is 0 Å². The minimum atomic E-state index is -0.192. The van der Waals surface area contributed by atoms with Crippen molar-refractivity contribution >= 4 is 41.4 Å². The Bertz CT molecular complexity index is 874. The Labute approximate surface area is 206 Å².